The Balaban J connectivity index is 1.87. The van der Waals surface area contributed by atoms with Gasteiger partial charge in [0.15, 0.2) is 0 Å². The summed E-state index contributed by atoms with van der Waals surface area (Å²) >= 11 is 0. The highest BCUT2D eigenvalue weighted by Gasteiger charge is 2.35. The number of pyridine rings is 1. The molecule has 0 saturated heterocycles. The van der Waals surface area contributed by atoms with Gasteiger partial charge in [-0.15, -0.1) is 0 Å². The van der Waals surface area contributed by atoms with Gasteiger partial charge in [0, 0.05) is 6.20 Å². The van der Waals surface area contributed by atoms with Crippen LogP contribution in [0.1, 0.15) is 43.6 Å². The van der Waals surface area contributed by atoms with E-state index in [0.717, 1.165) is 23.4 Å². The number of nitrogens with one attached hydrogen (secondary N) is 2. The molecule has 2 heterocycles. The first-order valence-corrected chi connectivity index (χ1v) is 9.99. The predicted octanol–water partition coefficient (Wildman–Crippen LogP) is 4.07. The second-order valence-electron chi connectivity index (χ2n) is 8.02. The molecular weight excluding hydrogens is 409 g/mol. The smallest absolute Gasteiger partial charge is 0.323 e. The fraction of sp³-hybridized carbons (Fsp3) is 0.409. The van der Waals surface area contributed by atoms with Crippen molar-refractivity contribution >= 4 is 23.2 Å². The largest absolute Gasteiger partial charge is 0.416 e. The number of alkyl halides is 3. The van der Waals surface area contributed by atoms with Crippen molar-refractivity contribution in [2.45, 2.75) is 46.0 Å². The van der Waals surface area contributed by atoms with Crippen molar-refractivity contribution in [2.75, 3.05) is 16.8 Å². The van der Waals surface area contributed by atoms with Crippen molar-refractivity contribution in [3.63, 3.8) is 0 Å². The van der Waals surface area contributed by atoms with Crippen molar-refractivity contribution in [3.05, 3.63) is 53.3 Å². The van der Waals surface area contributed by atoms with Gasteiger partial charge in [-0.2, -0.15) is 13.2 Å². The molecule has 1 aliphatic heterocycles. The third-order valence-electron chi connectivity index (χ3n) is 5.27. The SMILES string of the molecule is Cc1cccnc1C(NC(C)C(=O)N1CC(=O)Nc2cc(C(F)(F)F)ccc21)C(C)C. The number of hydrogen-bond acceptors (Lipinski definition) is 4. The van der Waals surface area contributed by atoms with E-state index in [-0.39, 0.29) is 29.9 Å². The van der Waals surface area contributed by atoms with Gasteiger partial charge in [-0.3, -0.25) is 24.8 Å². The van der Waals surface area contributed by atoms with Gasteiger partial charge in [-0.25, -0.2) is 0 Å². The van der Waals surface area contributed by atoms with Crippen LogP contribution < -0.4 is 15.5 Å². The molecule has 2 atom stereocenters. The normalized spacial score (nSPS) is 16.0. The van der Waals surface area contributed by atoms with Gasteiger partial charge in [0.2, 0.25) is 11.8 Å². The lowest BCUT2D eigenvalue weighted by Gasteiger charge is -2.33. The van der Waals surface area contributed by atoms with E-state index in [9.17, 15) is 22.8 Å². The topological polar surface area (TPSA) is 74.3 Å². The van der Waals surface area contributed by atoms with Crippen LogP contribution in [0.25, 0.3) is 0 Å². The molecule has 0 fully saturated rings. The van der Waals surface area contributed by atoms with E-state index in [2.05, 4.69) is 15.6 Å². The third kappa shape index (κ3) is 4.87. The van der Waals surface area contributed by atoms with E-state index in [1.54, 1.807) is 13.1 Å². The number of anilines is 2. The Morgan fingerprint density at radius 3 is 2.55 bits per heavy atom. The zero-order chi connectivity index (χ0) is 22.9. The number of amides is 2. The Kier molecular flexibility index (Phi) is 6.35. The summed E-state index contributed by atoms with van der Waals surface area (Å²) in [5, 5.41) is 5.71. The zero-order valence-corrected chi connectivity index (χ0v) is 17.7. The minimum Gasteiger partial charge on any atom is -0.323 e. The maximum atomic E-state index is 13.2. The van der Waals surface area contributed by atoms with E-state index < -0.39 is 29.6 Å². The summed E-state index contributed by atoms with van der Waals surface area (Å²) in [5.41, 5.74) is 1.12. The van der Waals surface area contributed by atoms with Crippen LogP contribution in [-0.4, -0.2) is 29.4 Å². The van der Waals surface area contributed by atoms with Gasteiger partial charge in [-0.05, 0) is 49.6 Å². The molecule has 2 unspecified atom stereocenters. The van der Waals surface area contributed by atoms with Gasteiger partial charge >= 0.3 is 6.18 Å². The van der Waals surface area contributed by atoms with Gasteiger partial charge in [-0.1, -0.05) is 19.9 Å². The van der Waals surface area contributed by atoms with E-state index in [1.165, 1.54) is 11.0 Å². The molecule has 2 N–H and O–H groups in total. The molecule has 9 heteroatoms. The quantitative estimate of drug-likeness (QED) is 0.744. The first-order valence-electron chi connectivity index (χ1n) is 9.99. The number of carbonyl (C=O) groups is 2. The van der Waals surface area contributed by atoms with Crippen LogP contribution in [0, 0.1) is 12.8 Å². The standard InChI is InChI=1S/C22H25F3N4O2/c1-12(2)19(20-13(3)6-5-9-26-20)27-14(4)21(31)29-11-18(30)28-16-10-15(22(23,24)25)7-8-17(16)29/h5-10,12,14,19,27H,11H2,1-4H3,(H,28,30). The van der Waals surface area contributed by atoms with Crippen molar-refractivity contribution in [3.8, 4) is 0 Å². The second-order valence-corrected chi connectivity index (χ2v) is 8.02. The molecule has 1 aromatic heterocycles. The average molecular weight is 434 g/mol. The minimum absolute atomic E-state index is 0.0346. The molecule has 166 valence electrons. The molecule has 0 spiro atoms. The first-order chi connectivity index (χ1) is 14.5. The maximum Gasteiger partial charge on any atom is 0.416 e. The number of rotatable bonds is 5. The Morgan fingerprint density at radius 2 is 1.94 bits per heavy atom. The van der Waals surface area contributed by atoms with E-state index >= 15 is 0 Å². The van der Waals surface area contributed by atoms with E-state index in [4.69, 9.17) is 0 Å². The number of hydrogen-bond donors (Lipinski definition) is 2. The van der Waals surface area contributed by atoms with Gasteiger partial charge in [0.1, 0.15) is 6.54 Å². The third-order valence-corrected chi connectivity index (χ3v) is 5.27. The van der Waals surface area contributed by atoms with Crippen molar-refractivity contribution in [1.29, 1.82) is 0 Å². The number of aryl methyl sites for hydroxylation is 1. The van der Waals surface area contributed by atoms with Gasteiger partial charge < -0.3 is 5.32 Å². The molecule has 1 aliphatic rings. The molecule has 6 nitrogen and oxygen atoms in total. The molecule has 0 bridgehead atoms. The maximum absolute atomic E-state index is 13.2. The Bertz CT molecular complexity index is 991. The minimum atomic E-state index is -4.55. The van der Waals surface area contributed by atoms with Gasteiger partial charge in [0.25, 0.3) is 0 Å². The highest BCUT2D eigenvalue weighted by molar-refractivity contribution is 6.11. The van der Waals surface area contributed by atoms with Crippen molar-refractivity contribution in [2.24, 2.45) is 5.92 Å². The molecular formula is C22H25F3N4O2. The lowest BCUT2D eigenvalue weighted by molar-refractivity contribution is -0.137. The van der Waals surface area contributed by atoms with Crippen LogP contribution in [-0.2, 0) is 15.8 Å². The predicted molar refractivity (Wildman–Crippen MR) is 112 cm³/mol. The lowest BCUT2D eigenvalue weighted by atomic mass is 9.96. The van der Waals surface area contributed by atoms with Crippen LogP contribution in [0.5, 0.6) is 0 Å². The average Bonchev–Trinajstić information content (AvgIpc) is 2.70. The fourth-order valence-electron chi connectivity index (χ4n) is 3.65. The highest BCUT2D eigenvalue weighted by Crippen LogP contribution is 2.37. The van der Waals surface area contributed by atoms with Crippen LogP contribution >= 0.6 is 0 Å². The van der Waals surface area contributed by atoms with Gasteiger partial charge in [0.05, 0.1) is 34.7 Å². The summed E-state index contributed by atoms with van der Waals surface area (Å²) < 4.78 is 39.1. The molecule has 0 aliphatic carbocycles. The summed E-state index contributed by atoms with van der Waals surface area (Å²) in [7, 11) is 0. The van der Waals surface area contributed by atoms with Crippen molar-refractivity contribution < 1.29 is 22.8 Å². The van der Waals surface area contributed by atoms with E-state index in [0.29, 0.717) is 0 Å². The second kappa shape index (κ2) is 8.66. The highest BCUT2D eigenvalue weighted by atomic mass is 19.4. The number of nitrogens with zero attached hydrogens (tertiary/aromatic N) is 2. The molecule has 31 heavy (non-hydrogen) atoms. The van der Waals surface area contributed by atoms with Crippen LogP contribution in [0.15, 0.2) is 36.5 Å². The fourth-order valence-corrected chi connectivity index (χ4v) is 3.65. The summed E-state index contributed by atoms with van der Waals surface area (Å²) in [6.45, 7) is 7.36. The summed E-state index contributed by atoms with van der Waals surface area (Å²) in [4.78, 5) is 31.0. The van der Waals surface area contributed by atoms with Crippen LogP contribution in [0.2, 0.25) is 0 Å². The number of halogens is 3. The Labute approximate surface area is 178 Å². The first kappa shape index (κ1) is 22.7. The number of carbonyl (C=O) groups excluding carboxylic acids is 2. The summed E-state index contributed by atoms with van der Waals surface area (Å²) in [5.74, 6) is -0.835. The molecule has 2 amide bonds. The molecule has 2 aromatic rings. The molecule has 1 aromatic carbocycles. The summed E-state index contributed by atoms with van der Waals surface area (Å²) in [6.07, 6.45) is -2.86. The van der Waals surface area contributed by atoms with Crippen molar-refractivity contribution in [1.82, 2.24) is 10.3 Å². The number of fused-ring (bicyclic) bond motifs is 1. The Morgan fingerprint density at radius 1 is 1.23 bits per heavy atom. The van der Waals surface area contributed by atoms with Crippen LogP contribution in [0.4, 0.5) is 24.5 Å². The monoisotopic (exact) mass is 434 g/mol. The lowest BCUT2D eigenvalue weighted by Crippen LogP contribution is -2.51. The molecule has 0 saturated carbocycles. The number of aromatic nitrogens is 1. The summed E-state index contributed by atoms with van der Waals surface area (Å²) in [6, 6.07) is 5.83. The Hall–Kier alpha value is -2.94. The van der Waals surface area contributed by atoms with E-state index in [1.807, 2.05) is 32.9 Å². The zero-order valence-electron chi connectivity index (χ0n) is 17.7. The number of benzene rings is 1. The molecule has 3 rings (SSSR count). The van der Waals surface area contributed by atoms with Crippen LogP contribution in [0.3, 0.4) is 0 Å². The molecule has 0 radical (unpaired) electrons.